The van der Waals surface area contributed by atoms with E-state index in [4.69, 9.17) is 14.2 Å². The first kappa shape index (κ1) is 20.7. The second-order valence-electron chi connectivity index (χ2n) is 7.36. The number of hydrogen-bond acceptors (Lipinski definition) is 5. The largest absolute Gasteiger partial charge is 0.492 e. The fraction of sp³-hybridized carbons (Fsp3) is 0.667. The molecule has 1 amide bonds. The first-order chi connectivity index (χ1) is 13.6. The van der Waals surface area contributed by atoms with Gasteiger partial charge in [0.25, 0.3) is 5.91 Å². The smallest absolute Gasteiger partial charge is 0.282 e. The van der Waals surface area contributed by atoms with Crippen molar-refractivity contribution in [3.05, 3.63) is 12.1 Å². The number of ether oxygens (including phenoxy) is 3. The Morgan fingerprint density at radius 2 is 1.79 bits per heavy atom. The number of nitrogens with one attached hydrogen (secondary N) is 2. The second kappa shape index (κ2) is 9.98. The zero-order chi connectivity index (χ0) is 19.9. The Morgan fingerprint density at radius 3 is 2.43 bits per heavy atom. The van der Waals surface area contributed by atoms with Gasteiger partial charge in [-0.25, -0.2) is 0 Å². The van der Waals surface area contributed by atoms with Gasteiger partial charge in [0.05, 0.1) is 50.9 Å². The fourth-order valence-corrected chi connectivity index (χ4v) is 3.93. The first-order valence-corrected chi connectivity index (χ1v) is 10.6. The number of quaternary nitrogens is 1. The number of carbonyl (C=O) groups is 1. The van der Waals surface area contributed by atoms with E-state index in [0.717, 1.165) is 37.6 Å². The number of benzene rings is 1. The maximum Gasteiger partial charge on any atom is 0.282 e. The van der Waals surface area contributed by atoms with Gasteiger partial charge in [0.1, 0.15) is 11.5 Å². The Bertz CT molecular complexity index is 655. The molecule has 156 valence electrons. The molecule has 0 bridgehead atoms. The van der Waals surface area contributed by atoms with Crippen LogP contribution >= 0.6 is 0 Å². The molecule has 0 unspecified atom stereocenters. The van der Waals surface area contributed by atoms with Gasteiger partial charge >= 0.3 is 0 Å². The standard InChI is InChI=1S/C21H33N3O4/c1-4-27-19-15-18(24-10-12-26-13-11-24)20(28-5-2)14-17(19)22-21(25)16(3)23-8-6-7-9-23/h14-16H,4-13H2,1-3H3,(H,22,25)/p+1/t16-/m0/s1. The highest BCUT2D eigenvalue weighted by Gasteiger charge is 2.29. The number of likely N-dealkylation sites (tertiary alicyclic amines) is 1. The summed E-state index contributed by atoms with van der Waals surface area (Å²) >= 11 is 0. The molecule has 2 saturated heterocycles. The minimum Gasteiger partial charge on any atom is -0.492 e. The van der Waals surface area contributed by atoms with Gasteiger partial charge in [-0.3, -0.25) is 4.79 Å². The van der Waals surface area contributed by atoms with E-state index in [9.17, 15) is 4.79 Å². The highest BCUT2D eigenvalue weighted by molar-refractivity contribution is 5.96. The topological polar surface area (TPSA) is 64.5 Å². The van der Waals surface area contributed by atoms with Crippen molar-refractivity contribution in [1.82, 2.24) is 0 Å². The summed E-state index contributed by atoms with van der Waals surface area (Å²) in [4.78, 5) is 16.5. The molecular weight excluding hydrogens is 358 g/mol. The fourth-order valence-electron chi connectivity index (χ4n) is 3.93. The molecule has 0 spiro atoms. The lowest BCUT2D eigenvalue weighted by Gasteiger charge is -2.31. The van der Waals surface area contributed by atoms with E-state index in [1.165, 1.54) is 17.7 Å². The Labute approximate surface area is 167 Å². The molecule has 2 aliphatic heterocycles. The molecule has 2 heterocycles. The lowest BCUT2D eigenvalue weighted by Crippen LogP contribution is -3.14. The minimum atomic E-state index is -0.0774. The van der Waals surface area contributed by atoms with Crippen LogP contribution in [0.4, 0.5) is 11.4 Å². The highest BCUT2D eigenvalue weighted by atomic mass is 16.5. The van der Waals surface area contributed by atoms with Crippen LogP contribution in [0.3, 0.4) is 0 Å². The lowest BCUT2D eigenvalue weighted by atomic mass is 10.2. The first-order valence-electron chi connectivity index (χ1n) is 10.6. The van der Waals surface area contributed by atoms with Crippen molar-refractivity contribution in [1.29, 1.82) is 0 Å². The van der Waals surface area contributed by atoms with Crippen LogP contribution in [0.15, 0.2) is 12.1 Å². The molecule has 3 rings (SSSR count). The van der Waals surface area contributed by atoms with Crippen LogP contribution in [0, 0.1) is 0 Å². The van der Waals surface area contributed by atoms with E-state index in [1.807, 2.05) is 32.9 Å². The van der Waals surface area contributed by atoms with E-state index in [0.29, 0.717) is 37.9 Å². The number of hydrogen-bond donors (Lipinski definition) is 2. The maximum atomic E-state index is 12.9. The molecule has 0 radical (unpaired) electrons. The molecule has 2 N–H and O–H groups in total. The zero-order valence-corrected chi connectivity index (χ0v) is 17.4. The average Bonchev–Trinajstić information content (AvgIpc) is 3.25. The van der Waals surface area contributed by atoms with E-state index in [1.54, 1.807) is 0 Å². The lowest BCUT2D eigenvalue weighted by molar-refractivity contribution is -0.901. The number of amides is 1. The Morgan fingerprint density at radius 1 is 1.14 bits per heavy atom. The normalized spacial score (nSPS) is 18.8. The van der Waals surface area contributed by atoms with Crippen molar-refractivity contribution in [2.45, 2.75) is 39.7 Å². The summed E-state index contributed by atoms with van der Waals surface area (Å²) < 4.78 is 17.3. The average molecular weight is 393 g/mol. The predicted octanol–water partition coefficient (Wildman–Crippen LogP) is 1.33. The molecular formula is C21H34N3O4+. The Hall–Kier alpha value is -1.99. The van der Waals surface area contributed by atoms with Crippen molar-refractivity contribution >= 4 is 17.3 Å². The van der Waals surface area contributed by atoms with Crippen molar-refractivity contribution < 1.29 is 23.9 Å². The number of rotatable bonds is 8. The molecule has 1 atom stereocenters. The summed E-state index contributed by atoms with van der Waals surface area (Å²) in [5.41, 5.74) is 1.67. The van der Waals surface area contributed by atoms with Gasteiger partial charge in [0.2, 0.25) is 0 Å². The van der Waals surface area contributed by atoms with Gasteiger partial charge in [0, 0.05) is 38.1 Å². The van der Waals surface area contributed by atoms with Gasteiger partial charge in [-0.1, -0.05) is 0 Å². The third-order valence-corrected chi connectivity index (χ3v) is 5.52. The maximum absolute atomic E-state index is 12.9. The van der Waals surface area contributed by atoms with E-state index in [2.05, 4.69) is 10.2 Å². The summed E-state index contributed by atoms with van der Waals surface area (Å²) in [7, 11) is 0. The molecule has 0 saturated carbocycles. The van der Waals surface area contributed by atoms with Crippen molar-refractivity contribution in [2.24, 2.45) is 0 Å². The molecule has 7 nitrogen and oxygen atoms in total. The van der Waals surface area contributed by atoms with Gasteiger partial charge < -0.3 is 29.3 Å². The van der Waals surface area contributed by atoms with E-state index in [-0.39, 0.29) is 11.9 Å². The van der Waals surface area contributed by atoms with Crippen molar-refractivity contribution in [2.75, 3.05) is 62.8 Å². The Kier molecular flexibility index (Phi) is 7.39. The van der Waals surface area contributed by atoms with Gasteiger partial charge in [0.15, 0.2) is 6.04 Å². The number of carbonyl (C=O) groups excluding carboxylic acids is 1. The summed E-state index contributed by atoms with van der Waals surface area (Å²) in [6.07, 6.45) is 2.39. The van der Waals surface area contributed by atoms with Crippen LogP contribution in [0.5, 0.6) is 11.5 Å². The third kappa shape index (κ3) is 4.89. The van der Waals surface area contributed by atoms with Crippen molar-refractivity contribution in [3.8, 4) is 11.5 Å². The molecule has 28 heavy (non-hydrogen) atoms. The third-order valence-electron chi connectivity index (χ3n) is 5.52. The van der Waals surface area contributed by atoms with Crippen LogP contribution in [0.1, 0.15) is 33.6 Å². The number of nitrogens with zero attached hydrogens (tertiary/aromatic N) is 1. The minimum absolute atomic E-state index is 0.0272. The van der Waals surface area contributed by atoms with Crippen LogP contribution in [-0.4, -0.2) is 64.6 Å². The molecule has 2 fully saturated rings. The van der Waals surface area contributed by atoms with Crippen LogP contribution in [0.25, 0.3) is 0 Å². The molecule has 0 aromatic heterocycles. The molecule has 2 aliphatic rings. The van der Waals surface area contributed by atoms with E-state index >= 15 is 0 Å². The number of anilines is 2. The van der Waals surface area contributed by atoms with Crippen LogP contribution in [0.2, 0.25) is 0 Å². The summed E-state index contributed by atoms with van der Waals surface area (Å²) in [6, 6.07) is 3.82. The monoisotopic (exact) mass is 392 g/mol. The molecule has 0 aliphatic carbocycles. The highest BCUT2D eigenvalue weighted by Crippen LogP contribution is 2.39. The van der Waals surface area contributed by atoms with Gasteiger partial charge in [-0.15, -0.1) is 0 Å². The van der Waals surface area contributed by atoms with Crippen LogP contribution in [-0.2, 0) is 9.53 Å². The summed E-state index contributed by atoms with van der Waals surface area (Å²) in [5.74, 6) is 1.48. The second-order valence-corrected chi connectivity index (χ2v) is 7.36. The zero-order valence-electron chi connectivity index (χ0n) is 17.4. The van der Waals surface area contributed by atoms with Crippen LogP contribution < -0.4 is 24.6 Å². The van der Waals surface area contributed by atoms with E-state index < -0.39 is 0 Å². The molecule has 7 heteroatoms. The Balaban J connectivity index is 1.85. The summed E-state index contributed by atoms with van der Waals surface area (Å²) in [6.45, 7) is 12.2. The van der Waals surface area contributed by atoms with Crippen molar-refractivity contribution in [3.63, 3.8) is 0 Å². The quantitative estimate of drug-likeness (QED) is 0.699. The molecule has 1 aromatic carbocycles. The molecule has 1 aromatic rings. The summed E-state index contributed by atoms with van der Waals surface area (Å²) in [5, 5.41) is 3.09. The number of morpholine rings is 1. The van der Waals surface area contributed by atoms with Gasteiger partial charge in [-0.05, 0) is 20.8 Å². The SMILES string of the molecule is CCOc1cc(N2CCOCC2)c(OCC)cc1NC(=O)[C@H](C)[NH+]1CCCC1. The van der Waals surface area contributed by atoms with Gasteiger partial charge in [-0.2, -0.15) is 0 Å². The predicted molar refractivity (Wildman–Crippen MR) is 110 cm³/mol.